The molecule has 0 saturated heterocycles. The normalized spacial score (nSPS) is 13.2. The number of ether oxygens (including phenoxy) is 1. The van der Waals surface area contributed by atoms with Crippen molar-refractivity contribution in [3.63, 3.8) is 0 Å². The van der Waals surface area contributed by atoms with Crippen molar-refractivity contribution < 1.29 is 14.3 Å². The topological polar surface area (TPSA) is 83.6 Å². The molecule has 1 aliphatic rings. The first-order valence-corrected chi connectivity index (χ1v) is 10.7. The van der Waals surface area contributed by atoms with Gasteiger partial charge in [0.2, 0.25) is 0 Å². The van der Waals surface area contributed by atoms with E-state index in [0.29, 0.717) is 18.0 Å². The lowest BCUT2D eigenvalue weighted by atomic mass is 10.1. The fraction of sp³-hybridized carbons (Fsp3) is 0.240. The van der Waals surface area contributed by atoms with Gasteiger partial charge >= 0.3 is 11.8 Å². The molecule has 1 atom stereocenters. The molecule has 32 heavy (non-hydrogen) atoms. The van der Waals surface area contributed by atoms with Gasteiger partial charge in [-0.25, -0.2) is 0 Å². The van der Waals surface area contributed by atoms with Gasteiger partial charge in [0.05, 0.1) is 12.6 Å². The number of carbonyl (C=O) groups excluding carboxylic acids is 2. The van der Waals surface area contributed by atoms with Crippen molar-refractivity contribution in [2.45, 2.75) is 19.4 Å². The van der Waals surface area contributed by atoms with Crippen LogP contribution in [0.4, 0.5) is 11.4 Å². The zero-order chi connectivity index (χ0) is 22.3. The average Bonchev–Trinajstić information content (AvgIpc) is 3.25. The number of anilines is 2. The van der Waals surface area contributed by atoms with Crippen molar-refractivity contribution in [2.24, 2.45) is 0 Å². The minimum atomic E-state index is -0.707. The van der Waals surface area contributed by atoms with E-state index in [1.807, 2.05) is 31.2 Å². The van der Waals surface area contributed by atoms with Gasteiger partial charge < -0.3 is 20.3 Å². The molecule has 0 fully saturated rings. The lowest BCUT2D eigenvalue weighted by Gasteiger charge is -2.30. The van der Waals surface area contributed by atoms with E-state index in [9.17, 15) is 9.59 Å². The van der Waals surface area contributed by atoms with Crippen molar-refractivity contribution in [1.82, 2.24) is 10.3 Å². The highest BCUT2D eigenvalue weighted by molar-refractivity contribution is 6.39. The van der Waals surface area contributed by atoms with E-state index in [1.165, 1.54) is 5.56 Å². The number of benzene rings is 2. The Morgan fingerprint density at radius 2 is 1.88 bits per heavy atom. The number of rotatable bonds is 7. The predicted molar refractivity (Wildman–Crippen MR) is 124 cm³/mol. The molecule has 0 aliphatic carbocycles. The summed E-state index contributed by atoms with van der Waals surface area (Å²) in [7, 11) is 0. The number of hydrogen-bond donors (Lipinski definition) is 2. The molecular formula is C25H26N4O3. The van der Waals surface area contributed by atoms with Gasteiger partial charge in [0.15, 0.2) is 0 Å². The average molecular weight is 431 g/mol. The number of pyridine rings is 1. The van der Waals surface area contributed by atoms with Gasteiger partial charge in [-0.2, -0.15) is 0 Å². The second kappa shape index (κ2) is 9.96. The van der Waals surface area contributed by atoms with Crippen molar-refractivity contribution in [2.75, 3.05) is 29.9 Å². The van der Waals surface area contributed by atoms with Crippen LogP contribution < -0.4 is 20.3 Å². The van der Waals surface area contributed by atoms with Crippen molar-refractivity contribution in [1.29, 1.82) is 0 Å². The minimum Gasteiger partial charge on any atom is -0.494 e. The number of nitrogens with zero attached hydrogens (tertiary/aromatic N) is 2. The molecule has 7 nitrogen and oxygen atoms in total. The second-order valence-corrected chi connectivity index (χ2v) is 7.50. The lowest BCUT2D eigenvalue weighted by Crippen LogP contribution is -2.41. The number of amides is 2. The molecule has 0 spiro atoms. The van der Waals surface area contributed by atoms with E-state index in [4.69, 9.17) is 4.74 Å². The molecule has 2 N–H and O–H groups in total. The third-order valence-corrected chi connectivity index (χ3v) is 5.45. The third kappa shape index (κ3) is 4.88. The summed E-state index contributed by atoms with van der Waals surface area (Å²) >= 11 is 0. The summed E-state index contributed by atoms with van der Waals surface area (Å²) < 4.78 is 5.39. The number of para-hydroxylation sites is 1. The Morgan fingerprint density at radius 3 is 2.62 bits per heavy atom. The first kappa shape index (κ1) is 21.4. The molecule has 4 rings (SSSR count). The zero-order valence-electron chi connectivity index (χ0n) is 18.0. The van der Waals surface area contributed by atoms with Gasteiger partial charge in [-0.05, 0) is 60.9 Å². The third-order valence-electron chi connectivity index (χ3n) is 5.45. The summed E-state index contributed by atoms with van der Waals surface area (Å²) in [5.74, 6) is -0.679. The minimum absolute atomic E-state index is 0.130. The molecule has 2 amide bonds. The summed E-state index contributed by atoms with van der Waals surface area (Å²) in [4.78, 5) is 31.4. The molecule has 164 valence electrons. The standard InChI is InChI=1S/C25H26N4O3/c1-2-32-21-11-9-20(10-12-21)28-25(31)24(30)27-17-23(19-7-5-14-26-16-19)29-15-13-18-6-3-4-8-22(18)29/h3-12,14,16,23H,2,13,15,17H2,1H3,(H,27,30)(H,28,31)/t23-/m0/s1. The first-order chi connectivity index (χ1) is 15.7. The van der Waals surface area contributed by atoms with Gasteiger partial charge in [-0.1, -0.05) is 24.3 Å². The van der Waals surface area contributed by atoms with E-state index >= 15 is 0 Å². The largest absolute Gasteiger partial charge is 0.494 e. The SMILES string of the molecule is CCOc1ccc(NC(=O)C(=O)NC[C@@H](c2cccnc2)N2CCc3ccccc32)cc1. The Balaban J connectivity index is 1.43. The Hall–Kier alpha value is -3.87. The van der Waals surface area contributed by atoms with Crippen LogP contribution >= 0.6 is 0 Å². The summed E-state index contributed by atoms with van der Waals surface area (Å²) in [5, 5.41) is 5.42. The van der Waals surface area contributed by atoms with Gasteiger partial charge in [-0.3, -0.25) is 14.6 Å². The second-order valence-electron chi connectivity index (χ2n) is 7.50. The maximum Gasteiger partial charge on any atom is 0.313 e. The highest BCUT2D eigenvalue weighted by Gasteiger charge is 2.28. The molecule has 0 bridgehead atoms. The molecule has 0 radical (unpaired) electrons. The maximum absolute atomic E-state index is 12.5. The summed E-state index contributed by atoms with van der Waals surface area (Å²) in [6.07, 6.45) is 4.47. The van der Waals surface area contributed by atoms with E-state index in [0.717, 1.165) is 24.2 Å². The van der Waals surface area contributed by atoms with Gasteiger partial charge in [-0.15, -0.1) is 0 Å². The van der Waals surface area contributed by atoms with E-state index < -0.39 is 11.8 Å². The van der Waals surface area contributed by atoms with Gasteiger partial charge in [0.25, 0.3) is 0 Å². The molecule has 1 aromatic heterocycles. The van der Waals surface area contributed by atoms with Gasteiger partial charge in [0.1, 0.15) is 5.75 Å². The van der Waals surface area contributed by atoms with Crippen LogP contribution in [-0.4, -0.2) is 36.5 Å². The van der Waals surface area contributed by atoms with Gasteiger partial charge in [0, 0.05) is 36.9 Å². The Kier molecular flexibility index (Phi) is 6.65. The molecular weight excluding hydrogens is 404 g/mol. The predicted octanol–water partition coefficient (Wildman–Crippen LogP) is 3.34. The molecule has 1 aliphatic heterocycles. The quantitative estimate of drug-likeness (QED) is 0.562. The van der Waals surface area contributed by atoms with Crippen LogP contribution in [0.1, 0.15) is 24.1 Å². The molecule has 2 heterocycles. The fourth-order valence-electron chi connectivity index (χ4n) is 3.93. The summed E-state index contributed by atoms with van der Waals surface area (Å²) in [6, 6.07) is 18.9. The highest BCUT2D eigenvalue weighted by atomic mass is 16.5. The molecule has 0 unspecified atom stereocenters. The Morgan fingerprint density at radius 1 is 1.06 bits per heavy atom. The van der Waals surface area contributed by atoms with Crippen LogP contribution in [0.5, 0.6) is 5.75 Å². The Bertz CT molecular complexity index is 1070. The highest BCUT2D eigenvalue weighted by Crippen LogP contribution is 2.34. The van der Waals surface area contributed by atoms with E-state index in [-0.39, 0.29) is 12.6 Å². The van der Waals surface area contributed by atoms with Crippen LogP contribution in [0.3, 0.4) is 0 Å². The van der Waals surface area contributed by atoms with Crippen molar-refractivity contribution in [3.05, 3.63) is 84.2 Å². The van der Waals surface area contributed by atoms with Crippen LogP contribution in [0.2, 0.25) is 0 Å². The number of fused-ring (bicyclic) bond motifs is 1. The van der Waals surface area contributed by atoms with Crippen molar-refractivity contribution in [3.8, 4) is 5.75 Å². The fourth-order valence-corrected chi connectivity index (χ4v) is 3.93. The molecule has 3 aromatic rings. The number of hydrogen-bond acceptors (Lipinski definition) is 5. The van der Waals surface area contributed by atoms with Crippen LogP contribution in [0.15, 0.2) is 73.1 Å². The summed E-state index contributed by atoms with van der Waals surface area (Å²) in [6.45, 7) is 3.59. The molecule has 2 aromatic carbocycles. The number of carbonyl (C=O) groups is 2. The summed E-state index contributed by atoms with van der Waals surface area (Å²) in [5.41, 5.74) is 3.94. The van der Waals surface area contributed by atoms with E-state index in [2.05, 4.69) is 32.7 Å². The molecule has 0 saturated carbocycles. The smallest absolute Gasteiger partial charge is 0.313 e. The van der Waals surface area contributed by atoms with Crippen LogP contribution in [0.25, 0.3) is 0 Å². The van der Waals surface area contributed by atoms with E-state index in [1.54, 1.807) is 36.7 Å². The van der Waals surface area contributed by atoms with Crippen LogP contribution in [-0.2, 0) is 16.0 Å². The number of nitrogens with one attached hydrogen (secondary N) is 2. The number of aromatic nitrogens is 1. The Labute approximate surface area is 187 Å². The molecule has 7 heteroatoms. The van der Waals surface area contributed by atoms with Crippen LogP contribution in [0, 0.1) is 0 Å². The maximum atomic E-state index is 12.5. The van der Waals surface area contributed by atoms with Crippen molar-refractivity contribution >= 4 is 23.2 Å². The monoisotopic (exact) mass is 430 g/mol. The lowest BCUT2D eigenvalue weighted by molar-refractivity contribution is -0.136. The first-order valence-electron chi connectivity index (χ1n) is 10.7. The zero-order valence-corrected chi connectivity index (χ0v) is 18.0.